The number of sulfonamides is 1. The topological polar surface area (TPSA) is 63.7 Å². The van der Waals surface area contributed by atoms with Crippen molar-refractivity contribution in [2.24, 2.45) is 5.92 Å². The Morgan fingerprint density at radius 2 is 2.20 bits per heavy atom. The summed E-state index contributed by atoms with van der Waals surface area (Å²) < 4.78 is 32.6. The first-order valence-electron chi connectivity index (χ1n) is 5.89. The first-order chi connectivity index (χ1) is 9.36. The fourth-order valence-electron chi connectivity index (χ4n) is 2.16. The van der Waals surface area contributed by atoms with Crippen molar-refractivity contribution in [2.75, 3.05) is 20.2 Å². The van der Waals surface area contributed by atoms with Crippen molar-refractivity contribution in [2.45, 2.75) is 17.7 Å². The summed E-state index contributed by atoms with van der Waals surface area (Å²) >= 11 is 7.85. The number of nitrogens with zero attached hydrogens (tertiary/aromatic N) is 1. The van der Waals surface area contributed by atoms with Gasteiger partial charge in [-0.2, -0.15) is 4.31 Å². The van der Waals surface area contributed by atoms with Crippen LogP contribution in [0.25, 0.3) is 0 Å². The molecule has 1 aromatic rings. The van der Waals surface area contributed by atoms with E-state index in [9.17, 15) is 13.2 Å². The number of carbonyl (C=O) groups excluding carboxylic acids is 1. The van der Waals surface area contributed by atoms with Gasteiger partial charge in [-0.25, -0.2) is 8.42 Å². The van der Waals surface area contributed by atoms with Gasteiger partial charge in [-0.3, -0.25) is 4.79 Å². The molecule has 0 saturated carbocycles. The highest BCUT2D eigenvalue weighted by atomic mass is 79.9. The molecule has 5 nitrogen and oxygen atoms in total. The zero-order valence-corrected chi connectivity index (χ0v) is 15.4. The Kier molecular flexibility index (Phi) is 5.28. The van der Waals surface area contributed by atoms with Gasteiger partial charge in [0, 0.05) is 13.1 Å². The number of piperidine rings is 1. The van der Waals surface area contributed by atoms with E-state index in [-0.39, 0.29) is 23.3 Å². The minimum absolute atomic E-state index is 0.176. The molecule has 0 unspecified atom stereocenters. The van der Waals surface area contributed by atoms with Crippen LogP contribution in [0.2, 0.25) is 0 Å². The standard InChI is InChI=1S/C11H13Br2NO4S2/c1-18-11(15)7-3-2-4-14(6-7)20(16,17)8-5-9(12)19-10(8)13/h5,7H,2-4,6H2,1H3/t7-/m0/s1. The maximum Gasteiger partial charge on any atom is 0.309 e. The summed E-state index contributed by atoms with van der Waals surface area (Å²) in [5.41, 5.74) is 0. The summed E-state index contributed by atoms with van der Waals surface area (Å²) in [6.07, 6.45) is 1.31. The summed E-state index contributed by atoms with van der Waals surface area (Å²) in [6.45, 7) is 0.602. The largest absolute Gasteiger partial charge is 0.469 e. The molecule has 0 radical (unpaired) electrons. The molecule has 112 valence electrons. The lowest BCUT2D eigenvalue weighted by molar-refractivity contribution is -0.146. The number of thiophene rings is 1. The summed E-state index contributed by atoms with van der Waals surface area (Å²) in [4.78, 5) is 11.8. The van der Waals surface area contributed by atoms with Gasteiger partial charge in [0.1, 0.15) is 4.90 Å². The van der Waals surface area contributed by atoms with Crippen molar-refractivity contribution in [1.29, 1.82) is 0 Å². The quantitative estimate of drug-likeness (QED) is 0.669. The van der Waals surface area contributed by atoms with Crippen LogP contribution in [0.3, 0.4) is 0 Å². The lowest BCUT2D eigenvalue weighted by Crippen LogP contribution is -2.42. The van der Waals surface area contributed by atoms with Crippen molar-refractivity contribution >= 4 is 59.2 Å². The summed E-state index contributed by atoms with van der Waals surface area (Å²) in [5.74, 6) is -0.736. The molecule has 1 aliphatic rings. The van der Waals surface area contributed by atoms with Crippen LogP contribution in [0.1, 0.15) is 12.8 Å². The average Bonchev–Trinajstić information content (AvgIpc) is 2.77. The second kappa shape index (κ2) is 6.43. The number of carbonyl (C=O) groups is 1. The first-order valence-corrected chi connectivity index (χ1v) is 9.73. The van der Waals surface area contributed by atoms with Gasteiger partial charge < -0.3 is 4.74 Å². The van der Waals surface area contributed by atoms with Crippen LogP contribution in [0, 0.1) is 5.92 Å². The van der Waals surface area contributed by atoms with Crippen LogP contribution in [-0.4, -0.2) is 38.9 Å². The first kappa shape index (κ1) is 16.4. The fourth-order valence-corrected chi connectivity index (χ4v) is 7.45. The number of esters is 1. The average molecular weight is 447 g/mol. The molecular formula is C11H13Br2NO4S2. The van der Waals surface area contributed by atoms with E-state index < -0.39 is 10.0 Å². The SMILES string of the molecule is COC(=O)[C@H]1CCCN(S(=O)(=O)c2cc(Br)sc2Br)C1. The van der Waals surface area contributed by atoms with Gasteiger partial charge >= 0.3 is 5.97 Å². The molecule has 20 heavy (non-hydrogen) atoms. The summed E-state index contributed by atoms with van der Waals surface area (Å²) in [7, 11) is -2.27. The van der Waals surface area contributed by atoms with Crippen molar-refractivity contribution in [3.63, 3.8) is 0 Å². The minimum atomic E-state index is -3.59. The van der Waals surface area contributed by atoms with Crippen LogP contribution < -0.4 is 0 Å². The lowest BCUT2D eigenvalue weighted by Gasteiger charge is -2.30. The summed E-state index contributed by atoms with van der Waals surface area (Å²) in [6, 6.07) is 1.58. The highest BCUT2D eigenvalue weighted by Gasteiger charge is 2.35. The Labute approximate surface area is 138 Å². The second-order valence-corrected chi connectivity index (χ2v) is 10.1. The molecular weight excluding hydrogens is 434 g/mol. The minimum Gasteiger partial charge on any atom is -0.469 e. The third-order valence-electron chi connectivity index (χ3n) is 3.16. The molecule has 9 heteroatoms. The molecule has 2 rings (SSSR count). The van der Waals surface area contributed by atoms with Gasteiger partial charge in [-0.1, -0.05) is 0 Å². The Bertz CT molecular complexity index is 614. The van der Waals surface area contributed by atoms with Gasteiger partial charge in [-0.05, 0) is 50.8 Å². The molecule has 1 fully saturated rings. The van der Waals surface area contributed by atoms with E-state index in [1.807, 2.05) is 0 Å². The monoisotopic (exact) mass is 445 g/mol. The summed E-state index contributed by atoms with van der Waals surface area (Å²) in [5, 5.41) is 0. The number of methoxy groups -OCH3 is 1. The Morgan fingerprint density at radius 3 is 2.75 bits per heavy atom. The number of ether oxygens (including phenoxy) is 1. The molecule has 0 aromatic carbocycles. The third-order valence-corrected chi connectivity index (χ3v) is 7.78. The van der Waals surface area contributed by atoms with Crippen molar-refractivity contribution in [3.8, 4) is 0 Å². The Hall–Kier alpha value is 0.0400. The molecule has 0 spiro atoms. The zero-order chi connectivity index (χ0) is 14.9. The van der Waals surface area contributed by atoms with E-state index >= 15 is 0 Å². The van der Waals surface area contributed by atoms with Gasteiger partial charge in [0.25, 0.3) is 0 Å². The highest BCUT2D eigenvalue weighted by molar-refractivity contribution is 9.12. The van der Waals surface area contributed by atoms with Gasteiger partial charge in [0.15, 0.2) is 0 Å². The second-order valence-electron chi connectivity index (χ2n) is 4.41. The number of halogens is 2. The Balaban J connectivity index is 2.26. The molecule has 1 aromatic heterocycles. The van der Waals surface area contributed by atoms with Crippen LogP contribution in [0.4, 0.5) is 0 Å². The van der Waals surface area contributed by atoms with Crippen LogP contribution >= 0.6 is 43.2 Å². The fraction of sp³-hybridized carbons (Fsp3) is 0.545. The normalized spacial score (nSPS) is 20.9. The van der Waals surface area contributed by atoms with Gasteiger partial charge in [0.05, 0.1) is 20.6 Å². The smallest absolute Gasteiger partial charge is 0.309 e. The van der Waals surface area contributed by atoms with Gasteiger partial charge in [-0.15, -0.1) is 11.3 Å². The number of hydrogen-bond donors (Lipinski definition) is 0. The molecule has 1 aliphatic heterocycles. The van der Waals surface area contributed by atoms with Crippen molar-refractivity contribution in [3.05, 3.63) is 13.6 Å². The molecule has 0 bridgehead atoms. The van der Waals surface area contributed by atoms with Crippen molar-refractivity contribution < 1.29 is 17.9 Å². The molecule has 0 aliphatic carbocycles. The lowest BCUT2D eigenvalue weighted by atomic mass is 10.0. The van der Waals surface area contributed by atoms with Crippen LogP contribution in [0.5, 0.6) is 0 Å². The van der Waals surface area contributed by atoms with Crippen molar-refractivity contribution in [1.82, 2.24) is 4.31 Å². The van der Waals surface area contributed by atoms with E-state index in [0.717, 1.165) is 3.79 Å². The molecule has 0 N–H and O–H groups in total. The molecule has 1 atom stereocenters. The number of hydrogen-bond acceptors (Lipinski definition) is 5. The van der Waals surface area contributed by atoms with E-state index in [4.69, 9.17) is 4.74 Å². The van der Waals surface area contributed by atoms with E-state index in [1.54, 1.807) is 6.07 Å². The maximum atomic E-state index is 12.6. The van der Waals surface area contributed by atoms with E-state index in [1.165, 1.54) is 22.8 Å². The van der Waals surface area contributed by atoms with Crippen LogP contribution in [0.15, 0.2) is 18.5 Å². The van der Waals surface area contributed by atoms with E-state index in [2.05, 4.69) is 31.9 Å². The zero-order valence-electron chi connectivity index (χ0n) is 10.6. The highest BCUT2D eigenvalue weighted by Crippen LogP contribution is 2.37. The van der Waals surface area contributed by atoms with Crippen LogP contribution in [-0.2, 0) is 19.6 Å². The molecule has 0 amide bonds. The van der Waals surface area contributed by atoms with Gasteiger partial charge in [0.2, 0.25) is 10.0 Å². The maximum absolute atomic E-state index is 12.6. The number of rotatable bonds is 3. The predicted octanol–water partition coefficient (Wildman–Crippen LogP) is 2.85. The molecule has 2 heterocycles. The molecule has 1 saturated heterocycles. The Morgan fingerprint density at radius 1 is 1.50 bits per heavy atom. The van der Waals surface area contributed by atoms with E-state index in [0.29, 0.717) is 23.2 Å². The predicted molar refractivity (Wildman–Crippen MR) is 83.2 cm³/mol. The third kappa shape index (κ3) is 3.27.